The van der Waals surface area contributed by atoms with E-state index in [1.54, 1.807) is 0 Å². The molecule has 0 spiro atoms. The number of benzene rings is 1. The summed E-state index contributed by atoms with van der Waals surface area (Å²) in [6.45, 7) is 1.45. The fraction of sp³-hybridized carbons (Fsp3) is 0.200. The number of rotatable bonds is 4. The number of hydrogen-bond donors (Lipinski definition) is 1. The number of nitro groups is 1. The van der Waals surface area contributed by atoms with E-state index in [1.807, 2.05) is 0 Å². The largest absolute Gasteiger partial charge is 0.480 e. The zero-order chi connectivity index (χ0) is 12.1. The first-order chi connectivity index (χ1) is 7.50. The van der Waals surface area contributed by atoms with Crippen molar-refractivity contribution in [3.63, 3.8) is 0 Å². The number of nitro benzene ring substituents is 1. The van der Waals surface area contributed by atoms with Gasteiger partial charge in [0.2, 0.25) is 0 Å². The summed E-state index contributed by atoms with van der Waals surface area (Å²) in [7, 11) is 0. The Hall–Kier alpha value is -2.24. The zero-order valence-electron chi connectivity index (χ0n) is 8.53. The van der Waals surface area contributed by atoms with Crippen molar-refractivity contribution in [2.75, 3.05) is 0 Å². The van der Waals surface area contributed by atoms with Gasteiger partial charge in [-0.2, -0.15) is 0 Å². The summed E-state index contributed by atoms with van der Waals surface area (Å²) in [6, 6.07) is 4.88. The lowest BCUT2D eigenvalue weighted by Crippen LogP contribution is -2.13. The average Bonchev–Trinajstić information content (AvgIpc) is 2.26. The summed E-state index contributed by atoms with van der Waals surface area (Å²) in [6.07, 6.45) is 1.38. The first-order valence-electron chi connectivity index (χ1n) is 4.51. The van der Waals surface area contributed by atoms with Crippen LogP contribution in [0.4, 0.5) is 5.69 Å². The molecule has 0 aliphatic heterocycles. The number of hydrogen-bond acceptors (Lipinski definition) is 4. The quantitative estimate of drug-likeness (QED) is 0.474. The lowest BCUT2D eigenvalue weighted by molar-refractivity contribution is -0.384. The molecule has 1 aromatic carbocycles. The molecule has 6 heteroatoms. The van der Waals surface area contributed by atoms with Gasteiger partial charge in [-0.25, -0.2) is 4.79 Å². The molecule has 16 heavy (non-hydrogen) atoms. The van der Waals surface area contributed by atoms with Crippen LogP contribution in [0.25, 0.3) is 0 Å². The fourth-order valence-corrected chi connectivity index (χ4v) is 0.944. The average molecular weight is 222 g/mol. The Kier molecular flexibility index (Phi) is 3.71. The predicted molar refractivity (Wildman–Crippen MR) is 57.8 cm³/mol. The molecule has 0 aromatic heterocycles. The second-order valence-corrected chi connectivity index (χ2v) is 3.14. The van der Waals surface area contributed by atoms with Gasteiger partial charge in [-0.15, -0.1) is 0 Å². The molecule has 0 radical (unpaired) electrons. The number of nitrogens with zero attached hydrogens (tertiary/aromatic N) is 2. The molecule has 1 N–H and O–H groups in total. The maximum absolute atomic E-state index is 10.5. The number of aliphatic imine (C=N–C) groups is 1. The first-order valence-corrected chi connectivity index (χ1v) is 4.51. The van der Waals surface area contributed by atoms with E-state index in [2.05, 4.69) is 4.99 Å². The standard InChI is InChI=1S/C10H10N2O4/c1-7(10(13)14)11-6-8-2-4-9(5-3-8)12(15)16/h2-7H,1H3,(H,13,14). The Morgan fingerprint density at radius 1 is 1.50 bits per heavy atom. The molecule has 0 saturated carbocycles. The summed E-state index contributed by atoms with van der Waals surface area (Å²) in [4.78, 5) is 24.1. The molecule has 0 heterocycles. The van der Waals surface area contributed by atoms with Crippen molar-refractivity contribution < 1.29 is 14.8 Å². The minimum atomic E-state index is -1.02. The van der Waals surface area contributed by atoms with Crippen LogP contribution in [0.3, 0.4) is 0 Å². The number of carboxylic acid groups (broad SMARTS) is 1. The van der Waals surface area contributed by atoms with Crippen molar-refractivity contribution >= 4 is 17.9 Å². The number of carbonyl (C=O) groups is 1. The Balaban J connectivity index is 2.76. The van der Waals surface area contributed by atoms with E-state index in [0.717, 1.165) is 0 Å². The first kappa shape index (κ1) is 11.8. The molecule has 1 rings (SSSR count). The third kappa shape index (κ3) is 3.16. The molecule has 0 bridgehead atoms. The number of carboxylic acids is 1. The minimum absolute atomic E-state index is 0.0107. The van der Waals surface area contributed by atoms with Gasteiger partial charge in [-0.3, -0.25) is 15.1 Å². The van der Waals surface area contributed by atoms with E-state index >= 15 is 0 Å². The maximum Gasteiger partial charge on any atom is 0.328 e. The molecular weight excluding hydrogens is 212 g/mol. The van der Waals surface area contributed by atoms with Gasteiger partial charge < -0.3 is 5.11 Å². The Bertz CT molecular complexity index is 425. The second-order valence-electron chi connectivity index (χ2n) is 3.14. The highest BCUT2D eigenvalue weighted by Crippen LogP contribution is 2.10. The van der Waals surface area contributed by atoms with E-state index < -0.39 is 16.9 Å². The van der Waals surface area contributed by atoms with E-state index in [0.29, 0.717) is 5.56 Å². The summed E-state index contributed by atoms with van der Waals surface area (Å²) < 4.78 is 0. The molecule has 1 unspecified atom stereocenters. The van der Waals surface area contributed by atoms with Gasteiger partial charge in [0, 0.05) is 18.3 Å². The van der Waals surface area contributed by atoms with Crippen LogP contribution in [0, 0.1) is 10.1 Å². The van der Waals surface area contributed by atoms with Crippen molar-refractivity contribution in [1.82, 2.24) is 0 Å². The van der Waals surface area contributed by atoms with Crippen molar-refractivity contribution in [3.8, 4) is 0 Å². The Labute approximate surface area is 91.4 Å². The molecule has 6 nitrogen and oxygen atoms in total. The van der Waals surface area contributed by atoms with Gasteiger partial charge in [-0.1, -0.05) is 0 Å². The highest BCUT2D eigenvalue weighted by Gasteiger charge is 2.07. The summed E-state index contributed by atoms with van der Waals surface area (Å²) in [5.74, 6) is -1.02. The van der Waals surface area contributed by atoms with Crippen LogP contribution in [-0.4, -0.2) is 28.3 Å². The SMILES string of the molecule is CC(N=Cc1ccc([N+](=O)[O-])cc1)C(=O)O. The lowest BCUT2D eigenvalue weighted by Gasteiger charge is -1.97. The number of non-ortho nitro benzene ring substituents is 1. The van der Waals surface area contributed by atoms with Crippen molar-refractivity contribution in [2.45, 2.75) is 13.0 Å². The molecule has 0 fully saturated rings. The van der Waals surface area contributed by atoms with Crippen molar-refractivity contribution in [1.29, 1.82) is 0 Å². The molecule has 0 aliphatic carbocycles. The van der Waals surface area contributed by atoms with E-state index in [1.165, 1.54) is 37.4 Å². The van der Waals surface area contributed by atoms with Gasteiger partial charge >= 0.3 is 5.97 Å². The van der Waals surface area contributed by atoms with Crippen LogP contribution in [0.15, 0.2) is 29.3 Å². The van der Waals surface area contributed by atoms with Crippen LogP contribution < -0.4 is 0 Å². The van der Waals surface area contributed by atoms with Gasteiger partial charge in [0.05, 0.1) is 4.92 Å². The van der Waals surface area contributed by atoms with Gasteiger partial charge in [0.15, 0.2) is 0 Å². The zero-order valence-corrected chi connectivity index (χ0v) is 8.53. The molecule has 0 saturated heterocycles. The maximum atomic E-state index is 10.5. The third-order valence-electron chi connectivity index (χ3n) is 1.91. The van der Waals surface area contributed by atoms with Crippen LogP contribution in [0.5, 0.6) is 0 Å². The summed E-state index contributed by atoms with van der Waals surface area (Å²) in [5, 5.41) is 18.9. The molecule has 1 aromatic rings. The highest BCUT2D eigenvalue weighted by molar-refractivity contribution is 5.83. The van der Waals surface area contributed by atoms with Gasteiger partial charge in [0.25, 0.3) is 5.69 Å². The molecule has 0 aliphatic rings. The normalized spacial score (nSPS) is 12.6. The van der Waals surface area contributed by atoms with Gasteiger partial charge in [0.1, 0.15) is 6.04 Å². The topological polar surface area (TPSA) is 92.8 Å². The van der Waals surface area contributed by atoms with Crippen LogP contribution in [0.2, 0.25) is 0 Å². The smallest absolute Gasteiger partial charge is 0.328 e. The van der Waals surface area contributed by atoms with E-state index in [-0.39, 0.29) is 5.69 Å². The lowest BCUT2D eigenvalue weighted by atomic mass is 10.2. The van der Waals surface area contributed by atoms with E-state index in [4.69, 9.17) is 5.11 Å². The summed E-state index contributed by atoms with van der Waals surface area (Å²) in [5.41, 5.74) is 0.613. The van der Waals surface area contributed by atoms with Gasteiger partial charge in [-0.05, 0) is 24.6 Å². The highest BCUT2D eigenvalue weighted by atomic mass is 16.6. The Morgan fingerprint density at radius 3 is 2.50 bits per heavy atom. The monoisotopic (exact) mass is 222 g/mol. The van der Waals surface area contributed by atoms with E-state index in [9.17, 15) is 14.9 Å². The summed E-state index contributed by atoms with van der Waals surface area (Å²) >= 11 is 0. The molecule has 84 valence electrons. The molecular formula is C10H10N2O4. The fourth-order valence-electron chi connectivity index (χ4n) is 0.944. The van der Waals surface area contributed by atoms with Crippen LogP contribution >= 0.6 is 0 Å². The number of aliphatic carboxylic acids is 1. The van der Waals surface area contributed by atoms with Crippen LogP contribution in [-0.2, 0) is 4.79 Å². The molecule has 1 atom stereocenters. The minimum Gasteiger partial charge on any atom is -0.480 e. The third-order valence-corrected chi connectivity index (χ3v) is 1.91. The van der Waals surface area contributed by atoms with Crippen molar-refractivity contribution in [2.24, 2.45) is 4.99 Å². The Morgan fingerprint density at radius 2 is 2.06 bits per heavy atom. The molecule has 0 amide bonds. The second kappa shape index (κ2) is 5.01. The predicted octanol–water partition coefficient (Wildman–Crippen LogP) is 1.49. The van der Waals surface area contributed by atoms with Crippen LogP contribution in [0.1, 0.15) is 12.5 Å². The van der Waals surface area contributed by atoms with Crippen molar-refractivity contribution in [3.05, 3.63) is 39.9 Å².